The summed E-state index contributed by atoms with van der Waals surface area (Å²) in [7, 11) is 2.20. The summed E-state index contributed by atoms with van der Waals surface area (Å²) in [6, 6.07) is 4.23. The Morgan fingerprint density at radius 3 is 2.68 bits per heavy atom. The molecule has 1 aliphatic heterocycles. The van der Waals surface area contributed by atoms with Crippen LogP contribution in [0, 0.1) is 0 Å². The van der Waals surface area contributed by atoms with Crippen LogP contribution in [0.2, 0.25) is 3.93 Å². The predicted octanol–water partition coefficient (Wildman–Crippen LogP) is 0.837. The molecule has 0 aliphatic carbocycles. The van der Waals surface area contributed by atoms with Gasteiger partial charge in [0.1, 0.15) is 0 Å². The van der Waals surface area contributed by atoms with Crippen molar-refractivity contribution in [1.82, 2.24) is 24.6 Å². The van der Waals surface area contributed by atoms with E-state index in [9.17, 15) is 0 Å². The molecule has 0 saturated carbocycles. The maximum atomic E-state index is 4.92. The van der Waals surface area contributed by atoms with Crippen LogP contribution < -0.4 is 3.71 Å². The summed E-state index contributed by atoms with van der Waals surface area (Å²) in [5.41, 5.74) is 1.08. The molecular weight excluding hydrogens is 381 g/mol. The number of rotatable bonds is 5. The van der Waals surface area contributed by atoms with Gasteiger partial charge in [-0.2, -0.15) is 0 Å². The van der Waals surface area contributed by atoms with Crippen molar-refractivity contribution in [3.8, 4) is 0 Å². The van der Waals surface area contributed by atoms with Gasteiger partial charge in [0, 0.05) is 0 Å². The number of aromatic nitrogens is 3. The van der Waals surface area contributed by atoms with E-state index in [1.165, 1.54) is 35.3 Å². The van der Waals surface area contributed by atoms with Gasteiger partial charge in [-0.15, -0.1) is 0 Å². The van der Waals surface area contributed by atoms with Gasteiger partial charge in [-0.3, -0.25) is 0 Å². The van der Waals surface area contributed by atoms with Gasteiger partial charge in [0.15, 0.2) is 0 Å². The standard InChI is InChI=1S/C13H18N5.C3H7.Sn/c1-16-5-7-17(8-6-16)9-10-18-13-12(11-15-18)3-2-4-14-13;1-3-2;/h2-4H,5-10H2,1H3;3H,1-2H3;. The van der Waals surface area contributed by atoms with Gasteiger partial charge in [0.25, 0.3) is 0 Å². The normalized spacial score (nSPS) is 17.6. The number of pyridine rings is 1. The van der Waals surface area contributed by atoms with Crippen LogP contribution in [0.25, 0.3) is 11.0 Å². The van der Waals surface area contributed by atoms with E-state index in [0.29, 0.717) is 0 Å². The van der Waals surface area contributed by atoms with Crippen LogP contribution in [0.15, 0.2) is 18.3 Å². The first-order valence-electron chi connectivity index (χ1n) is 8.12. The third-order valence-electron chi connectivity index (χ3n) is 4.16. The molecule has 118 valence electrons. The number of likely N-dealkylation sites (N-methyl/N-ethyl adjacent to an activating group) is 1. The molecule has 3 heterocycles. The number of nitrogens with zero attached hydrogens (tertiary/aromatic N) is 5. The van der Waals surface area contributed by atoms with Crippen LogP contribution in [0.1, 0.15) is 13.8 Å². The van der Waals surface area contributed by atoms with Gasteiger partial charge in [-0.05, 0) is 0 Å². The first-order chi connectivity index (χ1) is 10.6. The molecule has 22 heavy (non-hydrogen) atoms. The molecule has 0 bridgehead atoms. The first-order valence-corrected chi connectivity index (χ1v) is 11.2. The first kappa shape index (κ1) is 16.2. The van der Waals surface area contributed by atoms with E-state index in [0.717, 1.165) is 22.7 Å². The molecule has 1 aliphatic rings. The van der Waals surface area contributed by atoms with Gasteiger partial charge < -0.3 is 0 Å². The minimum atomic E-state index is -0.616. The van der Waals surface area contributed by atoms with Gasteiger partial charge >= 0.3 is 143 Å². The Bertz CT molecular complexity index is 616. The van der Waals surface area contributed by atoms with E-state index < -0.39 is 21.1 Å². The van der Waals surface area contributed by atoms with Gasteiger partial charge in [-0.25, -0.2) is 0 Å². The summed E-state index contributed by atoms with van der Waals surface area (Å²) in [4.78, 5) is 9.52. The number of hydrogen-bond acceptors (Lipinski definition) is 4. The molecule has 6 heteroatoms. The van der Waals surface area contributed by atoms with Crippen LogP contribution in [-0.4, -0.2) is 85.5 Å². The fraction of sp³-hybridized carbons (Fsp3) is 0.625. The van der Waals surface area contributed by atoms with Crippen LogP contribution >= 0.6 is 0 Å². The molecule has 0 atom stereocenters. The second-order valence-corrected chi connectivity index (χ2v) is 11.9. The van der Waals surface area contributed by atoms with Crippen molar-refractivity contribution >= 4 is 35.9 Å². The van der Waals surface area contributed by atoms with Gasteiger partial charge in [0.05, 0.1) is 0 Å². The van der Waals surface area contributed by atoms with Crippen LogP contribution in [0.3, 0.4) is 0 Å². The third kappa shape index (κ3) is 3.81. The number of fused-ring (bicyclic) bond motifs is 1. The SMILES string of the molecule is C[CH](C)[Sn][c]1nn(CCN2CCN(C)CC2)c2ncccc12. The average molecular weight is 406 g/mol. The predicted molar refractivity (Wildman–Crippen MR) is 92.0 cm³/mol. The van der Waals surface area contributed by atoms with Crippen LogP contribution in [-0.2, 0) is 6.54 Å². The van der Waals surface area contributed by atoms with Gasteiger partial charge in [-0.1, -0.05) is 0 Å². The Balaban J connectivity index is 1.73. The second kappa shape index (κ2) is 7.27. The molecule has 2 aromatic heterocycles. The van der Waals surface area contributed by atoms with Crippen molar-refractivity contribution in [3.05, 3.63) is 18.3 Å². The fourth-order valence-electron chi connectivity index (χ4n) is 2.85. The minimum absolute atomic E-state index is 0.616. The molecule has 5 nitrogen and oxygen atoms in total. The second-order valence-electron chi connectivity index (χ2n) is 6.39. The molecule has 1 saturated heterocycles. The summed E-state index contributed by atoms with van der Waals surface area (Å²) in [5, 5.41) is 6.21. The summed E-state index contributed by atoms with van der Waals surface area (Å²) < 4.78 is 4.29. The zero-order valence-corrected chi connectivity index (χ0v) is 16.6. The van der Waals surface area contributed by atoms with Crippen molar-refractivity contribution in [1.29, 1.82) is 0 Å². The molecule has 3 rings (SSSR count). The maximum absolute atomic E-state index is 4.92. The van der Waals surface area contributed by atoms with Crippen molar-refractivity contribution in [3.63, 3.8) is 0 Å². The van der Waals surface area contributed by atoms with E-state index in [-0.39, 0.29) is 0 Å². The third-order valence-corrected chi connectivity index (χ3v) is 7.64. The molecule has 2 radical (unpaired) electrons. The molecule has 0 N–H and O–H groups in total. The van der Waals surface area contributed by atoms with E-state index in [2.05, 4.69) is 46.4 Å². The molecular formula is C16H25N5Sn. The Kier molecular flexibility index (Phi) is 5.36. The summed E-state index contributed by atoms with van der Waals surface area (Å²) >= 11 is -0.616. The Labute approximate surface area is 142 Å². The molecule has 0 unspecified atom stereocenters. The zero-order valence-electron chi connectivity index (χ0n) is 13.8. The number of piperazine rings is 1. The van der Waals surface area contributed by atoms with E-state index in [4.69, 9.17) is 5.10 Å². The van der Waals surface area contributed by atoms with E-state index >= 15 is 0 Å². The zero-order chi connectivity index (χ0) is 15.5. The number of hydrogen-bond donors (Lipinski definition) is 0. The quantitative estimate of drug-likeness (QED) is 0.690. The van der Waals surface area contributed by atoms with Crippen molar-refractivity contribution in [2.75, 3.05) is 39.8 Å². The Morgan fingerprint density at radius 1 is 1.18 bits per heavy atom. The van der Waals surface area contributed by atoms with E-state index in [1.54, 1.807) is 0 Å². The summed E-state index contributed by atoms with van der Waals surface area (Å²) in [5.74, 6) is 0. The summed E-state index contributed by atoms with van der Waals surface area (Å²) in [6.07, 6.45) is 1.89. The Morgan fingerprint density at radius 2 is 1.95 bits per heavy atom. The molecule has 1 fully saturated rings. The molecule has 0 amide bonds. The van der Waals surface area contributed by atoms with Crippen LogP contribution in [0.5, 0.6) is 0 Å². The van der Waals surface area contributed by atoms with Gasteiger partial charge in [0.2, 0.25) is 0 Å². The molecule has 0 spiro atoms. The van der Waals surface area contributed by atoms with Crippen molar-refractivity contribution in [2.24, 2.45) is 0 Å². The van der Waals surface area contributed by atoms with E-state index in [1.807, 2.05) is 12.3 Å². The average Bonchev–Trinajstić information content (AvgIpc) is 2.84. The monoisotopic (exact) mass is 407 g/mol. The Hall–Kier alpha value is -0.661. The summed E-state index contributed by atoms with van der Waals surface area (Å²) in [6.45, 7) is 11.3. The van der Waals surface area contributed by atoms with Crippen molar-refractivity contribution in [2.45, 2.75) is 24.3 Å². The van der Waals surface area contributed by atoms with Crippen LogP contribution in [0.4, 0.5) is 0 Å². The van der Waals surface area contributed by atoms with Crippen molar-refractivity contribution < 1.29 is 0 Å². The fourth-order valence-corrected chi connectivity index (χ4v) is 5.92. The molecule has 0 aromatic carbocycles. The topological polar surface area (TPSA) is 37.2 Å². The molecule has 2 aromatic rings.